The van der Waals surface area contributed by atoms with E-state index >= 15 is 0 Å². The van der Waals surface area contributed by atoms with Gasteiger partial charge in [0.05, 0.1) is 5.69 Å². The quantitative estimate of drug-likeness (QED) is 0.839. The summed E-state index contributed by atoms with van der Waals surface area (Å²) in [5.74, 6) is -0.363. The predicted octanol–water partition coefficient (Wildman–Crippen LogP) is 3.04. The van der Waals surface area contributed by atoms with Crippen LogP contribution < -0.4 is 10.3 Å². The van der Waals surface area contributed by atoms with E-state index in [4.69, 9.17) is 0 Å². The zero-order chi connectivity index (χ0) is 14.0. The van der Waals surface area contributed by atoms with Gasteiger partial charge in [-0.25, -0.2) is 0 Å². The zero-order valence-corrected chi connectivity index (χ0v) is 9.94. The van der Waals surface area contributed by atoms with Gasteiger partial charge < -0.3 is 4.74 Å². The molecule has 0 radical (unpaired) electrons. The highest BCUT2D eigenvalue weighted by Crippen LogP contribution is 2.24. The molecule has 0 aliphatic rings. The van der Waals surface area contributed by atoms with Gasteiger partial charge in [-0.2, -0.15) is 0 Å². The molecule has 0 aliphatic carbocycles. The first kappa shape index (κ1) is 13.2. The van der Waals surface area contributed by atoms with Crippen molar-refractivity contribution in [1.29, 1.82) is 0 Å². The number of pyridine rings is 1. The van der Waals surface area contributed by atoms with Crippen molar-refractivity contribution in [3.63, 3.8) is 0 Å². The van der Waals surface area contributed by atoms with Gasteiger partial charge in [-0.05, 0) is 25.1 Å². The molecule has 3 nitrogen and oxygen atoms in total. The number of aryl methyl sites for hydroxylation is 1. The standard InChI is InChI=1S/C13H10F3NO2/c1-9-4-3-7-17(12(9)18)10-5-2-6-11(8-10)19-13(14,15)16/h2-8H,1H3. The van der Waals surface area contributed by atoms with E-state index in [0.717, 1.165) is 6.07 Å². The maximum Gasteiger partial charge on any atom is 0.573 e. The van der Waals surface area contributed by atoms with Gasteiger partial charge in [0.15, 0.2) is 0 Å². The van der Waals surface area contributed by atoms with Crippen molar-refractivity contribution in [2.45, 2.75) is 13.3 Å². The summed E-state index contributed by atoms with van der Waals surface area (Å²) in [6.07, 6.45) is -3.27. The zero-order valence-electron chi connectivity index (χ0n) is 9.94. The number of rotatable bonds is 2. The molecule has 0 aliphatic heterocycles. The van der Waals surface area contributed by atoms with Crippen molar-refractivity contribution in [3.8, 4) is 11.4 Å². The molecule has 0 atom stereocenters. The van der Waals surface area contributed by atoms with E-state index in [2.05, 4.69) is 4.74 Å². The molecule has 1 aromatic heterocycles. The van der Waals surface area contributed by atoms with Gasteiger partial charge in [0, 0.05) is 17.8 Å². The van der Waals surface area contributed by atoms with Crippen molar-refractivity contribution in [2.24, 2.45) is 0 Å². The average molecular weight is 269 g/mol. The first-order chi connectivity index (χ1) is 8.87. The molecule has 0 N–H and O–H groups in total. The fraction of sp³-hybridized carbons (Fsp3) is 0.154. The number of nitrogens with zero attached hydrogens (tertiary/aromatic N) is 1. The number of hydrogen-bond donors (Lipinski definition) is 0. The van der Waals surface area contributed by atoms with Gasteiger partial charge in [-0.15, -0.1) is 13.2 Å². The molecule has 2 rings (SSSR count). The second kappa shape index (κ2) is 4.79. The molecule has 6 heteroatoms. The Balaban J connectivity index is 2.44. The van der Waals surface area contributed by atoms with Crippen LogP contribution in [0.2, 0.25) is 0 Å². The van der Waals surface area contributed by atoms with Crippen LogP contribution in [-0.4, -0.2) is 10.9 Å². The Labute approximate surface area is 106 Å². The van der Waals surface area contributed by atoms with Crippen LogP contribution >= 0.6 is 0 Å². The third-order valence-corrected chi connectivity index (χ3v) is 2.47. The minimum absolute atomic E-state index is 0.286. The second-order valence-electron chi connectivity index (χ2n) is 3.91. The van der Waals surface area contributed by atoms with Crippen molar-refractivity contribution >= 4 is 0 Å². The fourth-order valence-electron chi connectivity index (χ4n) is 1.64. The summed E-state index contributed by atoms with van der Waals surface area (Å²) in [4.78, 5) is 11.9. The highest BCUT2D eigenvalue weighted by molar-refractivity contribution is 5.40. The van der Waals surface area contributed by atoms with E-state index < -0.39 is 6.36 Å². The summed E-state index contributed by atoms with van der Waals surface area (Å²) in [6, 6.07) is 8.55. The molecule has 0 amide bonds. The maximum absolute atomic E-state index is 12.1. The van der Waals surface area contributed by atoms with Gasteiger partial charge in [-0.3, -0.25) is 9.36 Å². The molecule has 100 valence electrons. The first-order valence-electron chi connectivity index (χ1n) is 5.41. The SMILES string of the molecule is Cc1cccn(-c2cccc(OC(F)(F)F)c2)c1=O. The summed E-state index contributed by atoms with van der Waals surface area (Å²) in [7, 11) is 0. The van der Waals surface area contributed by atoms with Gasteiger partial charge in [0.25, 0.3) is 5.56 Å². The molecule has 0 bridgehead atoms. The van der Waals surface area contributed by atoms with Crippen molar-refractivity contribution in [3.05, 3.63) is 58.5 Å². The smallest absolute Gasteiger partial charge is 0.406 e. The molecular weight excluding hydrogens is 259 g/mol. The second-order valence-corrected chi connectivity index (χ2v) is 3.91. The summed E-state index contributed by atoms with van der Waals surface area (Å²) in [5, 5.41) is 0. The molecule has 2 aromatic rings. The molecular formula is C13H10F3NO2. The largest absolute Gasteiger partial charge is 0.573 e. The third-order valence-electron chi connectivity index (χ3n) is 2.47. The molecule has 0 saturated heterocycles. The Kier molecular flexibility index (Phi) is 3.33. The number of halogens is 3. The normalized spacial score (nSPS) is 11.4. The average Bonchev–Trinajstić information content (AvgIpc) is 2.31. The van der Waals surface area contributed by atoms with Gasteiger partial charge >= 0.3 is 6.36 Å². The lowest BCUT2D eigenvalue weighted by molar-refractivity contribution is -0.274. The van der Waals surface area contributed by atoms with E-state index in [-0.39, 0.29) is 11.3 Å². The number of ether oxygens (including phenoxy) is 1. The van der Waals surface area contributed by atoms with E-state index in [1.54, 1.807) is 19.1 Å². The molecule has 0 fully saturated rings. The van der Waals surface area contributed by atoms with Crippen LogP contribution in [-0.2, 0) is 0 Å². The van der Waals surface area contributed by atoms with Crippen LogP contribution in [0.1, 0.15) is 5.56 Å². The van der Waals surface area contributed by atoms with Gasteiger partial charge in [0.1, 0.15) is 5.75 Å². The lowest BCUT2D eigenvalue weighted by atomic mass is 10.2. The van der Waals surface area contributed by atoms with Crippen LogP contribution in [0.3, 0.4) is 0 Å². The molecule has 1 aromatic carbocycles. The lowest BCUT2D eigenvalue weighted by Gasteiger charge is -2.11. The van der Waals surface area contributed by atoms with Crippen molar-refractivity contribution in [1.82, 2.24) is 4.57 Å². The maximum atomic E-state index is 12.1. The van der Waals surface area contributed by atoms with Gasteiger partial charge in [0.2, 0.25) is 0 Å². The highest BCUT2D eigenvalue weighted by atomic mass is 19.4. The highest BCUT2D eigenvalue weighted by Gasteiger charge is 2.31. The Hall–Kier alpha value is -2.24. The van der Waals surface area contributed by atoms with Crippen LogP contribution in [0, 0.1) is 6.92 Å². The van der Waals surface area contributed by atoms with Crippen molar-refractivity contribution < 1.29 is 17.9 Å². The van der Waals surface area contributed by atoms with Crippen molar-refractivity contribution in [2.75, 3.05) is 0 Å². The topological polar surface area (TPSA) is 31.2 Å². The van der Waals surface area contributed by atoms with E-state index in [0.29, 0.717) is 11.3 Å². The molecule has 1 heterocycles. The Bertz CT molecular complexity index is 647. The number of aromatic nitrogens is 1. The summed E-state index contributed by atoms with van der Waals surface area (Å²) in [6.45, 7) is 1.63. The summed E-state index contributed by atoms with van der Waals surface area (Å²) < 4.78 is 41.5. The summed E-state index contributed by atoms with van der Waals surface area (Å²) in [5.41, 5.74) is 0.534. The van der Waals surface area contributed by atoms with Crippen LogP contribution in [0.15, 0.2) is 47.4 Å². The number of benzene rings is 1. The Morgan fingerprint density at radius 3 is 2.58 bits per heavy atom. The number of alkyl halides is 3. The first-order valence-corrected chi connectivity index (χ1v) is 5.41. The monoisotopic (exact) mass is 269 g/mol. The number of hydrogen-bond acceptors (Lipinski definition) is 2. The molecule has 0 spiro atoms. The molecule has 0 unspecified atom stereocenters. The third kappa shape index (κ3) is 3.15. The van der Waals surface area contributed by atoms with Crippen LogP contribution in [0.25, 0.3) is 5.69 Å². The van der Waals surface area contributed by atoms with E-state index in [1.807, 2.05) is 0 Å². The van der Waals surface area contributed by atoms with Gasteiger partial charge in [-0.1, -0.05) is 12.1 Å². The predicted molar refractivity (Wildman–Crippen MR) is 63.5 cm³/mol. The molecule has 0 saturated carbocycles. The van der Waals surface area contributed by atoms with E-state index in [9.17, 15) is 18.0 Å². The lowest BCUT2D eigenvalue weighted by Crippen LogP contribution is -2.20. The van der Waals surface area contributed by atoms with Crippen LogP contribution in [0.5, 0.6) is 5.75 Å². The Morgan fingerprint density at radius 1 is 1.16 bits per heavy atom. The van der Waals surface area contributed by atoms with Crippen LogP contribution in [0.4, 0.5) is 13.2 Å². The van der Waals surface area contributed by atoms with E-state index in [1.165, 1.54) is 29.0 Å². The minimum atomic E-state index is -4.75. The molecule has 19 heavy (non-hydrogen) atoms. The fourth-order valence-corrected chi connectivity index (χ4v) is 1.64. The summed E-state index contributed by atoms with van der Waals surface area (Å²) >= 11 is 0. The minimum Gasteiger partial charge on any atom is -0.406 e. The Morgan fingerprint density at radius 2 is 1.89 bits per heavy atom.